The summed E-state index contributed by atoms with van der Waals surface area (Å²) in [6.45, 7) is 0.103. The van der Waals surface area contributed by atoms with E-state index in [4.69, 9.17) is 11.6 Å². The average Bonchev–Trinajstić information content (AvgIpc) is 3.28. The van der Waals surface area contributed by atoms with Crippen LogP contribution in [0.1, 0.15) is 15.9 Å². The molecule has 0 aliphatic carbocycles. The van der Waals surface area contributed by atoms with E-state index in [1.54, 1.807) is 23.8 Å². The number of sulfonamides is 1. The summed E-state index contributed by atoms with van der Waals surface area (Å²) in [5.74, 6) is -0.492. The summed E-state index contributed by atoms with van der Waals surface area (Å²) in [7, 11) is -3.93. The van der Waals surface area contributed by atoms with Crippen molar-refractivity contribution in [1.82, 2.24) is 14.7 Å². The van der Waals surface area contributed by atoms with Crippen LogP contribution in [0.4, 0.5) is 5.13 Å². The van der Waals surface area contributed by atoms with Crippen molar-refractivity contribution >= 4 is 44.0 Å². The molecule has 2 heterocycles. The molecular weight excluding hydrogens is 468 g/mol. The number of anilines is 1. The molecule has 0 spiro atoms. The van der Waals surface area contributed by atoms with Crippen molar-refractivity contribution in [2.75, 3.05) is 5.32 Å². The molecule has 0 saturated carbocycles. The summed E-state index contributed by atoms with van der Waals surface area (Å²) >= 11 is 7.39. The van der Waals surface area contributed by atoms with Gasteiger partial charge in [0.05, 0.1) is 10.7 Å². The van der Waals surface area contributed by atoms with E-state index in [-0.39, 0.29) is 22.0 Å². The van der Waals surface area contributed by atoms with Gasteiger partial charge < -0.3 is 0 Å². The predicted octanol–water partition coefficient (Wildman–Crippen LogP) is 4.59. The fourth-order valence-electron chi connectivity index (χ4n) is 2.85. The lowest BCUT2D eigenvalue weighted by Gasteiger charge is -2.10. The molecule has 0 aliphatic heterocycles. The van der Waals surface area contributed by atoms with Crippen LogP contribution in [0.3, 0.4) is 0 Å². The third-order valence-corrected chi connectivity index (χ3v) is 7.11. The highest BCUT2D eigenvalue weighted by atomic mass is 35.5. The number of hydrogen-bond acceptors (Lipinski definition) is 6. The normalized spacial score (nSPS) is 11.3. The van der Waals surface area contributed by atoms with Gasteiger partial charge in [0.25, 0.3) is 5.91 Å². The van der Waals surface area contributed by atoms with Crippen LogP contribution in [0.15, 0.2) is 83.3 Å². The maximum absolute atomic E-state index is 12.8. The highest BCUT2D eigenvalue weighted by Gasteiger charge is 2.20. The Bertz CT molecular complexity index is 1340. The number of hydrogen-bond donors (Lipinski definition) is 2. The molecule has 0 unspecified atom stereocenters. The first kappa shape index (κ1) is 22.1. The van der Waals surface area contributed by atoms with Gasteiger partial charge in [-0.1, -0.05) is 41.9 Å². The van der Waals surface area contributed by atoms with E-state index < -0.39 is 15.9 Å². The first-order valence-corrected chi connectivity index (χ1v) is 12.2. The van der Waals surface area contributed by atoms with Crippen molar-refractivity contribution in [3.8, 4) is 11.3 Å². The molecule has 162 valence electrons. The number of amides is 1. The quantitative estimate of drug-likeness (QED) is 0.399. The average molecular weight is 485 g/mol. The first-order valence-electron chi connectivity index (χ1n) is 9.43. The Labute approximate surface area is 194 Å². The van der Waals surface area contributed by atoms with E-state index in [1.165, 1.54) is 29.5 Å². The summed E-state index contributed by atoms with van der Waals surface area (Å²) in [6.07, 6.45) is 3.35. The minimum absolute atomic E-state index is 0.0234. The second-order valence-corrected chi connectivity index (χ2v) is 9.69. The van der Waals surface area contributed by atoms with Crippen LogP contribution in [0.25, 0.3) is 11.3 Å². The number of benzene rings is 2. The molecule has 0 bridgehead atoms. The minimum atomic E-state index is -3.93. The number of nitrogens with one attached hydrogen (secondary N) is 2. The summed E-state index contributed by atoms with van der Waals surface area (Å²) in [5.41, 5.74) is 2.46. The van der Waals surface area contributed by atoms with Crippen molar-refractivity contribution < 1.29 is 13.2 Å². The smallest absolute Gasteiger partial charge is 0.257 e. The van der Waals surface area contributed by atoms with Gasteiger partial charge in [0.15, 0.2) is 5.13 Å². The van der Waals surface area contributed by atoms with Gasteiger partial charge in [-0.2, -0.15) is 0 Å². The lowest BCUT2D eigenvalue weighted by atomic mass is 10.2. The number of halogens is 1. The number of carbonyl (C=O) groups excluding carboxylic acids is 1. The number of nitrogens with zero attached hydrogens (tertiary/aromatic N) is 2. The van der Waals surface area contributed by atoms with Gasteiger partial charge in [-0.25, -0.2) is 18.1 Å². The maximum Gasteiger partial charge on any atom is 0.257 e. The maximum atomic E-state index is 12.8. The fourth-order valence-corrected chi connectivity index (χ4v) is 5.11. The van der Waals surface area contributed by atoms with Crippen molar-refractivity contribution in [3.63, 3.8) is 0 Å². The summed E-state index contributed by atoms with van der Waals surface area (Å²) < 4.78 is 28.1. The summed E-state index contributed by atoms with van der Waals surface area (Å²) in [4.78, 5) is 21.0. The third-order valence-electron chi connectivity index (χ3n) is 4.47. The van der Waals surface area contributed by atoms with Crippen LogP contribution in [-0.4, -0.2) is 24.3 Å². The third kappa shape index (κ3) is 5.20. The lowest BCUT2D eigenvalue weighted by molar-refractivity contribution is 0.102. The second-order valence-electron chi connectivity index (χ2n) is 6.69. The van der Waals surface area contributed by atoms with Gasteiger partial charge in [-0.3, -0.25) is 15.1 Å². The molecule has 4 rings (SSSR count). The predicted molar refractivity (Wildman–Crippen MR) is 125 cm³/mol. The van der Waals surface area contributed by atoms with Gasteiger partial charge in [-0.15, -0.1) is 11.3 Å². The topological polar surface area (TPSA) is 101 Å². The van der Waals surface area contributed by atoms with Crippen LogP contribution in [0.5, 0.6) is 0 Å². The van der Waals surface area contributed by atoms with Crippen LogP contribution < -0.4 is 10.0 Å². The van der Waals surface area contributed by atoms with Crippen molar-refractivity contribution in [3.05, 3.63) is 94.6 Å². The molecular formula is C22H17ClN4O3S2. The van der Waals surface area contributed by atoms with E-state index in [1.807, 2.05) is 36.4 Å². The van der Waals surface area contributed by atoms with E-state index in [0.29, 0.717) is 10.8 Å². The Morgan fingerprint density at radius 3 is 2.62 bits per heavy atom. The van der Waals surface area contributed by atoms with Crippen molar-refractivity contribution in [2.45, 2.75) is 11.4 Å². The molecule has 7 nitrogen and oxygen atoms in total. The highest BCUT2D eigenvalue weighted by molar-refractivity contribution is 7.89. The molecule has 0 saturated heterocycles. The molecule has 0 radical (unpaired) electrons. The lowest BCUT2D eigenvalue weighted by Crippen LogP contribution is -2.24. The zero-order valence-electron chi connectivity index (χ0n) is 16.5. The van der Waals surface area contributed by atoms with Gasteiger partial charge in [0, 0.05) is 35.4 Å². The standard InChI is InChI=1S/C22H17ClN4O3S2/c23-18-9-8-16(11-20(18)32(29,30)25-12-15-5-2-1-3-6-15)21(28)27-22-26-19(14-31-22)17-7-4-10-24-13-17/h1-11,13-14,25H,12H2,(H,26,27,28). The first-order chi connectivity index (χ1) is 15.4. The second kappa shape index (κ2) is 9.58. The highest BCUT2D eigenvalue weighted by Crippen LogP contribution is 2.26. The van der Waals surface area contributed by atoms with Crippen LogP contribution in [-0.2, 0) is 16.6 Å². The van der Waals surface area contributed by atoms with Crippen LogP contribution in [0, 0.1) is 0 Å². The molecule has 4 aromatic rings. The van der Waals surface area contributed by atoms with Crippen LogP contribution in [0.2, 0.25) is 5.02 Å². The van der Waals surface area contributed by atoms with Gasteiger partial charge >= 0.3 is 0 Å². The summed E-state index contributed by atoms with van der Waals surface area (Å²) in [6, 6.07) is 16.9. The number of aromatic nitrogens is 2. The molecule has 0 fully saturated rings. The minimum Gasteiger partial charge on any atom is -0.298 e. The largest absolute Gasteiger partial charge is 0.298 e. The van der Waals surface area contributed by atoms with Gasteiger partial charge in [0.1, 0.15) is 4.90 Å². The molecule has 1 amide bonds. The molecule has 0 atom stereocenters. The Morgan fingerprint density at radius 1 is 1.06 bits per heavy atom. The van der Waals surface area contributed by atoms with Crippen LogP contribution >= 0.6 is 22.9 Å². The van der Waals surface area contributed by atoms with Gasteiger partial charge in [-0.05, 0) is 35.9 Å². The fraction of sp³-hybridized carbons (Fsp3) is 0.0455. The Kier molecular flexibility index (Phi) is 6.61. The number of rotatable bonds is 7. The number of pyridine rings is 1. The molecule has 0 aliphatic rings. The molecule has 32 heavy (non-hydrogen) atoms. The molecule has 2 N–H and O–H groups in total. The SMILES string of the molecule is O=C(Nc1nc(-c2cccnc2)cs1)c1ccc(Cl)c(S(=O)(=O)NCc2ccccc2)c1. The van der Waals surface area contributed by atoms with E-state index in [9.17, 15) is 13.2 Å². The van der Waals surface area contributed by atoms with Crippen molar-refractivity contribution in [2.24, 2.45) is 0 Å². The molecule has 2 aromatic carbocycles. The van der Waals surface area contributed by atoms with Gasteiger partial charge in [0.2, 0.25) is 10.0 Å². The summed E-state index contributed by atoms with van der Waals surface area (Å²) in [5, 5.41) is 4.91. The Morgan fingerprint density at radius 2 is 1.88 bits per heavy atom. The number of thiazole rings is 1. The number of carbonyl (C=O) groups is 1. The zero-order chi connectivity index (χ0) is 22.6. The zero-order valence-corrected chi connectivity index (χ0v) is 18.9. The molecule has 10 heteroatoms. The Balaban J connectivity index is 1.50. The molecule has 2 aromatic heterocycles. The Hall–Kier alpha value is -3.11. The van der Waals surface area contributed by atoms with E-state index in [0.717, 1.165) is 11.1 Å². The van der Waals surface area contributed by atoms with E-state index in [2.05, 4.69) is 20.0 Å². The monoisotopic (exact) mass is 484 g/mol. The van der Waals surface area contributed by atoms with E-state index >= 15 is 0 Å². The van der Waals surface area contributed by atoms with Crippen molar-refractivity contribution in [1.29, 1.82) is 0 Å².